The minimum Gasteiger partial charge on any atom is -0.492 e. The first-order valence-electron chi connectivity index (χ1n) is 5.96. The average Bonchev–Trinajstić information content (AvgIpc) is 2.29. The maximum Gasteiger partial charge on any atom is 0.137 e. The molecule has 0 aliphatic heterocycles. The fourth-order valence-corrected chi connectivity index (χ4v) is 1.50. The van der Waals surface area contributed by atoms with Crippen molar-refractivity contribution in [3.05, 3.63) is 24.5 Å². The van der Waals surface area contributed by atoms with Crippen molar-refractivity contribution in [2.45, 2.75) is 45.4 Å². The van der Waals surface area contributed by atoms with E-state index in [1.165, 1.54) is 32.1 Å². The second-order valence-electron chi connectivity index (χ2n) is 3.80. The summed E-state index contributed by atoms with van der Waals surface area (Å²) in [7, 11) is 0. The summed E-state index contributed by atoms with van der Waals surface area (Å²) in [5.74, 6) is 0.881. The Labute approximate surface area is 92.7 Å². The van der Waals surface area contributed by atoms with Crippen LogP contribution in [-0.4, -0.2) is 11.6 Å². The van der Waals surface area contributed by atoms with Gasteiger partial charge in [-0.15, -0.1) is 0 Å². The molecular weight excluding hydrogens is 186 g/mol. The highest BCUT2D eigenvalue weighted by molar-refractivity contribution is 5.15. The van der Waals surface area contributed by atoms with Crippen LogP contribution in [0.25, 0.3) is 0 Å². The molecule has 1 rings (SSSR count). The summed E-state index contributed by atoms with van der Waals surface area (Å²) in [5.41, 5.74) is 0. The molecule has 84 valence electrons. The second kappa shape index (κ2) is 8.27. The summed E-state index contributed by atoms with van der Waals surface area (Å²) in [5, 5.41) is 0. The number of pyridine rings is 1. The Bertz CT molecular complexity index is 236. The van der Waals surface area contributed by atoms with Gasteiger partial charge in [-0.3, -0.25) is 4.98 Å². The van der Waals surface area contributed by atoms with Crippen molar-refractivity contribution in [2.24, 2.45) is 0 Å². The van der Waals surface area contributed by atoms with Crippen molar-refractivity contribution >= 4 is 0 Å². The molecule has 0 radical (unpaired) electrons. The van der Waals surface area contributed by atoms with Crippen LogP contribution in [0, 0.1) is 0 Å². The smallest absolute Gasteiger partial charge is 0.137 e. The van der Waals surface area contributed by atoms with E-state index in [4.69, 9.17) is 4.74 Å². The normalized spacial score (nSPS) is 10.2. The number of hydrogen-bond donors (Lipinski definition) is 0. The molecule has 0 aromatic carbocycles. The molecule has 0 fully saturated rings. The molecule has 15 heavy (non-hydrogen) atoms. The number of ether oxygens (including phenoxy) is 1. The lowest BCUT2D eigenvalue weighted by molar-refractivity contribution is 0.303. The van der Waals surface area contributed by atoms with Gasteiger partial charge in [0.25, 0.3) is 0 Å². The first-order chi connectivity index (χ1) is 7.43. The second-order valence-corrected chi connectivity index (χ2v) is 3.80. The highest BCUT2D eigenvalue weighted by atomic mass is 16.5. The largest absolute Gasteiger partial charge is 0.492 e. The zero-order valence-corrected chi connectivity index (χ0v) is 9.61. The van der Waals surface area contributed by atoms with Crippen molar-refractivity contribution in [3.63, 3.8) is 0 Å². The van der Waals surface area contributed by atoms with Crippen LogP contribution in [-0.2, 0) is 0 Å². The van der Waals surface area contributed by atoms with Gasteiger partial charge >= 0.3 is 0 Å². The average molecular weight is 207 g/mol. The molecule has 0 amide bonds. The molecule has 1 heterocycles. The SMILES string of the molecule is CCCCCCCCOc1cccnc1. The van der Waals surface area contributed by atoms with Crippen LogP contribution in [0.4, 0.5) is 0 Å². The van der Waals surface area contributed by atoms with Gasteiger partial charge in [0.15, 0.2) is 0 Å². The Morgan fingerprint density at radius 3 is 2.67 bits per heavy atom. The van der Waals surface area contributed by atoms with E-state index in [9.17, 15) is 0 Å². The lowest BCUT2D eigenvalue weighted by atomic mass is 10.1. The van der Waals surface area contributed by atoms with Crippen LogP contribution in [0.5, 0.6) is 5.75 Å². The molecule has 1 aromatic rings. The first-order valence-corrected chi connectivity index (χ1v) is 5.96. The molecule has 0 bridgehead atoms. The molecule has 0 atom stereocenters. The molecule has 2 nitrogen and oxygen atoms in total. The number of unbranched alkanes of at least 4 members (excludes halogenated alkanes) is 5. The Morgan fingerprint density at radius 1 is 1.13 bits per heavy atom. The quantitative estimate of drug-likeness (QED) is 0.604. The molecule has 0 spiro atoms. The monoisotopic (exact) mass is 207 g/mol. The highest BCUT2D eigenvalue weighted by Crippen LogP contribution is 2.09. The van der Waals surface area contributed by atoms with Crippen molar-refractivity contribution in [2.75, 3.05) is 6.61 Å². The predicted molar refractivity (Wildman–Crippen MR) is 63.1 cm³/mol. The van der Waals surface area contributed by atoms with Gasteiger partial charge in [-0.2, -0.15) is 0 Å². The Morgan fingerprint density at radius 2 is 1.93 bits per heavy atom. The molecule has 0 saturated carbocycles. The molecule has 0 aliphatic carbocycles. The van der Waals surface area contributed by atoms with Crippen molar-refractivity contribution in [3.8, 4) is 5.75 Å². The van der Waals surface area contributed by atoms with Crippen LogP contribution in [0.1, 0.15) is 45.4 Å². The number of rotatable bonds is 8. The third-order valence-electron chi connectivity index (χ3n) is 2.40. The fraction of sp³-hybridized carbons (Fsp3) is 0.615. The zero-order chi connectivity index (χ0) is 10.8. The van der Waals surface area contributed by atoms with E-state index in [1.54, 1.807) is 12.4 Å². The molecular formula is C13H21NO. The third-order valence-corrected chi connectivity index (χ3v) is 2.40. The van der Waals surface area contributed by atoms with E-state index in [2.05, 4.69) is 11.9 Å². The lowest BCUT2D eigenvalue weighted by Crippen LogP contribution is -1.97. The van der Waals surface area contributed by atoms with Gasteiger partial charge in [-0.05, 0) is 18.6 Å². The highest BCUT2D eigenvalue weighted by Gasteiger charge is 1.93. The number of hydrogen-bond acceptors (Lipinski definition) is 2. The topological polar surface area (TPSA) is 22.1 Å². The summed E-state index contributed by atoms with van der Waals surface area (Å²) < 4.78 is 5.55. The van der Waals surface area contributed by atoms with Gasteiger partial charge in [0.05, 0.1) is 12.8 Å². The fourth-order valence-electron chi connectivity index (χ4n) is 1.50. The Hall–Kier alpha value is -1.05. The van der Waals surface area contributed by atoms with Crippen LogP contribution < -0.4 is 4.74 Å². The zero-order valence-electron chi connectivity index (χ0n) is 9.61. The third kappa shape index (κ3) is 6.10. The number of aromatic nitrogens is 1. The Balaban J connectivity index is 1.93. The standard InChI is InChI=1S/C13H21NO/c1-2-3-4-5-6-7-11-15-13-9-8-10-14-12-13/h8-10,12H,2-7,11H2,1H3. The van der Waals surface area contributed by atoms with Crippen LogP contribution in [0.15, 0.2) is 24.5 Å². The lowest BCUT2D eigenvalue weighted by Gasteiger charge is -2.04. The van der Waals surface area contributed by atoms with Gasteiger partial charge in [0.2, 0.25) is 0 Å². The van der Waals surface area contributed by atoms with Crippen LogP contribution in [0.3, 0.4) is 0 Å². The summed E-state index contributed by atoms with van der Waals surface area (Å²) in [4.78, 5) is 4.00. The summed E-state index contributed by atoms with van der Waals surface area (Å²) in [6, 6.07) is 3.85. The molecule has 0 unspecified atom stereocenters. The minimum atomic E-state index is 0.817. The van der Waals surface area contributed by atoms with Crippen molar-refractivity contribution in [1.29, 1.82) is 0 Å². The first kappa shape index (κ1) is 12.0. The van der Waals surface area contributed by atoms with E-state index in [0.717, 1.165) is 18.8 Å². The summed E-state index contributed by atoms with van der Waals surface area (Å²) in [6.07, 6.45) is 11.3. The van der Waals surface area contributed by atoms with Gasteiger partial charge in [-0.1, -0.05) is 39.0 Å². The summed E-state index contributed by atoms with van der Waals surface area (Å²) in [6.45, 7) is 3.06. The van der Waals surface area contributed by atoms with Crippen LogP contribution in [0.2, 0.25) is 0 Å². The van der Waals surface area contributed by atoms with Crippen molar-refractivity contribution < 1.29 is 4.74 Å². The van der Waals surface area contributed by atoms with E-state index >= 15 is 0 Å². The van der Waals surface area contributed by atoms with Gasteiger partial charge in [0.1, 0.15) is 5.75 Å². The minimum absolute atomic E-state index is 0.817. The molecule has 0 saturated heterocycles. The molecule has 0 N–H and O–H groups in total. The predicted octanol–water partition coefficient (Wildman–Crippen LogP) is 3.82. The number of nitrogens with zero attached hydrogens (tertiary/aromatic N) is 1. The van der Waals surface area contributed by atoms with Gasteiger partial charge < -0.3 is 4.74 Å². The summed E-state index contributed by atoms with van der Waals surface area (Å²) >= 11 is 0. The Kier molecular flexibility index (Phi) is 6.63. The molecule has 2 heteroatoms. The van der Waals surface area contributed by atoms with E-state index in [0.29, 0.717) is 0 Å². The molecule has 0 aliphatic rings. The van der Waals surface area contributed by atoms with Crippen molar-refractivity contribution in [1.82, 2.24) is 4.98 Å². The molecule has 1 aromatic heterocycles. The maximum atomic E-state index is 5.55. The van der Waals surface area contributed by atoms with Gasteiger partial charge in [-0.25, -0.2) is 0 Å². The van der Waals surface area contributed by atoms with Gasteiger partial charge in [0, 0.05) is 6.20 Å². The van der Waals surface area contributed by atoms with E-state index in [1.807, 2.05) is 12.1 Å². The van der Waals surface area contributed by atoms with Crippen LogP contribution >= 0.6 is 0 Å². The van der Waals surface area contributed by atoms with E-state index in [-0.39, 0.29) is 0 Å². The van der Waals surface area contributed by atoms with E-state index < -0.39 is 0 Å². The maximum absolute atomic E-state index is 5.55.